The zero-order chi connectivity index (χ0) is 26.9. The number of carbonyl (C=O) groups is 2. The van der Waals surface area contributed by atoms with Crippen molar-refractivity contribution >= 4 is 23.3 Å². The van der Waals surface area contributed by atoms with Gasteiger partial charge >= 0.3 is 0 Å². The van der Waals surface area contributed by atoms with E-state index in [9.17, 15) is 14.0 Å². The van der Waals surface area contributed by atoms with Crippen molar-refractivity contribution in [2.24, 2.45) is 5.92 Å². The third-order valence-electron chi connectivity index (χ3n) is 8.71. The van der Waals surface area contributed by atoms with Crippen LogP contribution in [0.4, 0.5) is 4.39 Å². The molecule has 0 radical (unpaired) electrons. The zero-order valence-electron chi connectivity index (χ0n) is 22.0. The van der Waals surface area contributed by atoms with Gasteiger partial charge in [0.15, 0.2) is 0 Å². The predicted molar refractivity (Wildman–Crippen MR) is 149 cm³/mol. The number of rotatable bonds is 8. The molecule has 2 atom stereocenters. The van der Waals surface area contributed by atoms with Crippen molar-refractivity contribution in [2.45, 2.75) is 43.6 Å². The summed E-state index contributed by atoms with van der Waals surface area (Å²) in [5.41, 5.74) is 1.95. The Bertz CT molecular complexity index is 1290. The second-order valence-corrected chi connectivity index (χ2v) is 11.4. The van der Waals surface area contributed by atoms with Gasteiger partial charge in [-0.3, -0.25) is 9.59 Å². The summed E-state index contributed by atoms with van der Waals surface area (Å²) in [6.07, 6.45) is 2.34. The fraction of sp³-hybridized carbons (Fsp3) is 0.375. The minimum absolute atomic E-state index is 0.0773. The molecule has 2 fully saturated rings. The molecule has 1 saturated heterocycles. The van der Waals surface area contributed by atoms with E-state index in [-0.39, 0.29) is 23.4 Å². The quantitative estimate of drug-likeness (QED) is 0.356. The number of likely N-dealkylation sites (tertiary alicyclic amines) is 1. The topological polar surface area (TPSA) is 40.6 Å². The van der Waals surface area contributed by atoms with Gasteiger partial charge in [0, 0.05) is 25.2 Å². The molecule has 198 valence electrons. The van der Waals surface area contributed by atoms with Crippen molar-refractivity contribution in [1.82, 2.24) is 9.80 Å². The van der Waals surface area contributed by atoms with Crippen molar-refractivity contribution < 1.29 is 14.0 Å². The van der Waals surface area contributed by atoms with Gasteiger partial charge in [-0.05, 0) is 86.1 Å². The number of hydrogen-bond acceptors (Lipinski definition) is 3. The molecule has 38 heavy (non-hydrogen) atoms. The Morgan fingerprint density at radius 3 is 2.18 bits per heavy atom. The van der Waals surface area contributed by atoms with Gasteiger partial charge in [-0.15, -0.1) is 0 Å². The average molecular weight is 533 g/mol. The number of carbonyl (C=O) groups excluding carboxylic acids is 2. The Morgan fingerprint density at radius 1 is 0.947 bits per heavy atom. The fourth-order valence-corrected chi connectivity index (χ4v) is 6.47. The number of amides is 1. The second-order valence-electron chi connectivity index (χ2n) is 11.0. The molecule has 3 aromatic rings. The van der Waals surface area contributed by atoms with Gasteiger partial charge in [0.05, 0.1) is 10.8 Å². The minimum atomic E-state index is -0.603. The van der Waals surface area contributed by atoms with E-state index in [1.807, 2.05) is 49.5 Å². The van der Waals surface area contributed by atoms with Gasteiger partial charge in [0.25, 0.3) is 0 Å². The highest BCUT2D eigenvalue weighted by molar-refractivity contribution is 6.30. The second kappa shape index (κ2) is 10.6. The summed E-state index contributed by atoms with van der Waals surface area (Å²) in [5, 5.41) is 0.644. The molecule has 5 rings (SSSR count). The van der Waals surface area contributed by atoms with E-state index in [0.29, 0.717) is 11.6 Å². The zero-order valence-corrected chi connectivity index (χ0v) is 22.8. The minimum Gasteiger partial charge on any atom is -0.341 e. The van der Waals surface area contributed by atoms with Crippen LogP contribution in [0.2, 0.25) is 5.02 Å². The molecular weight excluding hydrogens is 499 g/mol. The third-order valence-corrected chi connectivity index (χ3v) is 8.97. The van der Waals surface area contributed by atoms with Crippen LogP contribution in [0.5, 0.6) is 0 Å². The van der Waals surface area contributed by atoms with E-state index >= 15 is 0 Å². The van der Waals surface area contributed by atoms with Crippen LogP contribution in [0, 0.1) is 11.7 Å². The van der Waals surface area contributed by atoms with E-state index in [2.05, 4.69) is 17.0 Å². The Morgan fingerprint density at radius 2 is 1.58 bits per heavy atom. The van der Waals surface area contributed by atoms with Crippen LogP contribution in [0.1, 0.15) is 42.9 Å². The summed E-state index contributed by atoms with van der Waals surface area (Å²) in [6, 6.07) is 24.1. The first kappa shape index (κ1) is 26.6. The predicted octanol–water partition coefficient (Wildman–Crippen LogP) is 6.02. The average Bonchev–Trinajstić information content (AvgIpc) is 3.65. The van der Waals surface area contributed by atoms with Gasteiger partial charge in [-0.2, -0.15) is 0 Å². The molecule has 0 aromatic heterocycles. The normalized spacial score (nSPS) is 22.6. The number of piperidine rings is 1. The van der Waals surface area contributed by atoms with Gasteiger partial charge in [-0.25, -0.2) is 4.39 Å². The van der Waals surface area contributed by atoms with Crippen LogP contribution in [-0.2, 0) is 27.0 Å². The lowest BCUT2D eigenvalue weighted by Gasteiger charge is -2.41. The lowest BCUT2D eigenvalue weighted by atomic mass is 9.70. The number of ketones is 1. The summed E-state index contributed by atoms with van der Waals surface area (Å²) in [6.45, 7) is 4.58. The molecule has 1 saturated carbocycles. The summed E-state index contributed by atoms with van der Waals surface area (Å²) in [5.74, 6) is 0.190. The lowest BCUT2D eigenvalue weighted by Crippen LogP contribution is -2.47. The van der Waals surface area contributed by atoms with Gasteiger partial charge in [0.2, 0.25) is 5.91 Å². The van der Waals surface area contributed by atoms with Crippen LogP contribution in [0.15, 0.2) is 78.9 Å². The number of hydrogen-bond donors (Lipinski definition) is 0. The monoisotopic (exact) mass is 532 g/mol. The van der Waals surface area contributed by atoms with Crippen LogP contribution in [-0.4, -0.2) is 48.2 Å². The van der Waals surface area contributed by atoms with E-state index in [0.717, 1.165) is 55.6 Å². The summed E-state index contributed by atoms with van der Waals surface area (Å²) >= 11 is 6.18. The smallest absolute Gasteiger partial charge is 0.233 e. The molecule has 1 heterocycles. The highest BCUT2D eigenvalue weighted by Crippen LogP contribution is 2.56. The third kappa shape index (κ3) is 5.02. The lowest BCUT2D eigenvalue weighted by molar-refractivity contribution is -0.133. The first-order chi connectivity index (χ1) is 18.2. The fourth-order valence-electron chi connectivity index (χ4n) is 6.34. The molecule has 0 unspecified atom stereocenters. The number of likely N-dealkylation sites (N-methyl/N-ethyl adjacent to an activating group) is 1. The van der Waals surface area contributed by atoms with Gasteiger partial charge in [-0.1, -0.05) is 66.2 Å². The van der Waals surface area contributed by atoms with E-state index < -0.39 is 10.8 Å². The number of Topliss-reactive ketones (excluding diaryl/α,β-unsaturated/α-hetero) is 1. The van der Waals surface area contributed by atoms with Gasteiger partial charge < -0.3 is 9.80 Å². The molecule has 4 nitrogen and oxygen atoms in total. The maximum absolute atomic E-state index is 14.0. The van der Waals surface area contributed by atoms with Crippen molar-refractivity contribution in [3.05, 3.63) is 106 Å². The Hall–Kier alpha value is -3.02. The summed E-state index contributed by atoms with van der Waals surface area (Å²) < 4.78 is 13.4. The van der Waals surface area contributed by atoms with Crippen LogP contribution >= 0.6 is 11.6 Å². The number of halogens is 2. The molecule has 3 aromatic carbocycles. The van der Waals surface area contributed by atoms with Crippen LogP contribution in [0.25, 0.3) is 0 Å². The molecule has 1 amide bonds. The van der Waals surface area contributed by atoms with Crippen molar-refractivity contribution in [2.75, 3.05) is 26.7 Å². The summed E-state index contributed by atoms with van der Waals surface area (Å²) in [7, 11) is 1.82. The maximum Gasteiger partial charge on any atom is 0.233 e. The SMILES string of the molecule is CC(=O)C1(c2ccccc2)CCN(C[C@@H]2C[C@@]2(C(=O)N(C)Cc2ccc(F)cc2)c2ccc(Cl)cc2)CC1. The molecule has 0 bridgehead atoms. The largest absolute Gasteiger partial charge is 0.341 e. The Kier molecular flexibility index (Phi) is 7.43. The summed E-state index contributed by atoms with van der Waals surface area (Å²) in [4.78, 5) is 31.0. The number of nitrogens with zero attached hydrogens (tertiary/aromatic N) is 2. The molecular formula is C32H34ClFN2O2. The molecule has 2 aliphatic rings. The Labute approximate surface area is 229 Å². The van der Waals surface area contributed by atoms with Crippen LogP contribution < -0.4 is 0 Å². The van der Waals surface area contributed by atoms with Crippen molar-refractivity contribution in [3.63, 3.8) is 0 Å². The number of benzene rings is 3. The van der Waals surface area contributed by atoms with Crippen LogP contribution in [0.3, 0.4) is 0 Å². The highest BCUT2D eigenvalue weighted by atomic mass is 35.5. The van der Waals surface area contributed by atoms with Crippen molar-refractivity contribution in [1.29, 1.82) is 0 Å². The molecule has 1 aliphatic carbocycles. The molecule has 1 aliphatic heterocycles. The van der Waals surface area contributed by atoms with Crippen molar-refractivity contribution in [3.8, 4) is 0 Å². The molecule has 6 heteroatoms. The van der Waals surface area contributed by atoms with E-state index in [1.54, 1.807) is 24.0 Å². The molecule has 0 N–H and O–H groups in total. The molecule has 0 spiro atoms. The van der Waals surface area contributed by atoms with E-state index in [4.69, 9.17) is 11.6 Å². The maximum atomic E-state index is 14.0. The highest BCUT2D eigenvalue weighted by Gasteiger charge is 2.62. The van der Waals surface area contributed by atoms with Gasteiger partial charge in [0.1, 0.15) is 11.6 Å². The van der Waals surface area contributed by atoms with E-state index in [1.165, 1.54) is 12.1 Å². The first-order valence-electron chi connectivity index (χ1n) is 13.3. The first-order valence-corrected chi connectivity index (χ1v) is 13.7. The Balaban J connectivity index is 1.32. The standard InChI is InChI=1S/C32H34ClFN2O2/c1-23(37)31(25-6-4-3-5-7-25)16-18-36(19-17-31)22-27-20-32(27,26-10-12-28(33)13-11-26)30(38)35(2)21-24-8-14-29(34)15-9-24/h3-15,27H,16-22H2,1-2H3/t27-,32+/m0/s1.